The zero-order valence-electron chi connectivity index (χ0n) is 17.8. The van der Waals surface area contributed by atoms with Gasteiger partial charge in [-0.3, -0.25) is 9.59 Å². The monoisotopic (exact) mass is 453 g/mol. The summed E-state index contributed by atoms with van der Waals surface area (Å²) in [6.45, 7) is 0.280. The molecule has 2 amide bonds. The third kappa shape index (κ3) is 3.94. The highest BCUT2D eigenvalue weighted by Crippen LogP contribution is 2.35. The van der Waals surface area contributed by atoms with Gasteiger partial charge < -0.3 is 10.2 Å². The minimum Gasteiger partial charge on any atom is -0.330 e. The largest absolute Gasteiger partial charge is 0.416 e. The van der Waals surface area contributed by atoms with Crippen molar-refractivity contribution in [1.82, 2.24) is 9.88 Å². The van der Waals surface area contributed by atoms with Crippen molar-refractivity contribution in [3.05, 3.63) is 70.9 Å². The van der Waals surface area contributed by atoms with Crippen LogP contribution in [0.3, 0.4) is 0 Å². The van der Waals surface area contributed by atoms with Gasteiger partial charge in [-0.2, -0.15) is 13.2 Å². The average molecular weight is 453 g/mol. The predicted octanol–water partition coefficient (Wildman–Crippen LogP) is 5.79. The SMILES string of the molecule is O=C(Nc1cccc(C(F)(F)F)c1)c1c2c(nc3ccccc13)C(=O)N(C1CCCCC1)C2. The fourth-order valence-corrected chi connectivity index (χ4v) is 4.87. The summed E-state index contributed by atoms with van der Waals surface area (Å²) in [4.78, 5) is 33.0. The summed E-state index contributed by atoms with van der Waals surface area (Å²) in [5.74, 6) is -0.738. The lowest BCUT2D eigenvalue weighted by molar-refractivity contribution is -0.137. The second kappa shape index (κ2) is 8.17. The number of carbonyl (C=O) groups is 2. The first-order valence-corrected chi connectivity index (χ1v) is 11.0. The molecule has 5 rings (SSSR count). The Labute approximate surface area is 188 Å². The Morgan fingerprint density at radius 3 is 2.55 bits per heavy atom. The lowest BCUT2D eigenvalue weighted by atomic mass is 9.94. The number of rotatable bonds is 3. The molecule has 0 unspecified atom stereocenters. The molecule has 0 radical (unpaired) electrons. The van der Waals surface area contributed by atoms with Gasteiger partial charge in [0.05, 0.1) is 16.6 Å². The number of carbonyl (C=O) groups excluding carboxylic acids is 2. The highest BCUT2D eigenvalue weighted by molar-refractivity contribution is 6.16. The fourth-order valence-electron chi connectivity index (χ4n) is 4.87. The number of hydrogen-bond acceptors (Lipinski definition) is 3. The Balaban J connectivity index is 1.55. The highest BCUT2D eigenvalue weighted by atomic mass is 19.4. The van der Waals surface area contributed by atoms with Crippen LogP contribution in [0, 0.1) is 0 Å². The molecule has 5 nitrogen and oxygen atoms in total. The number of amides is 2. The molecule has 0 saturated heterocycles. The van der Waals surface area contributed by atoms with Gasteiger partial charge in [0, 0.05) is 29.2 Å². The van der Waals surface area contributed by atoms with Gasteiger partial charge in [0.15, 0.2) is 0 Å². The van der Waals surface area contributed by atoms with Gasteiger partial charge in [-0.15, -0.1) is 0 Å². The van der Waals surface area contributed by atoms with E-state index >= 15 is 0 Å². The number of pyridine rings is 1. The summed E-state index contributed by atoms with van der Waals surface area (Å²) >= 11 is 0. The lowest BCUT2D eigenvalue weighted by Gasteiger charge is -2.30. The van der Waals surface area contributed by atoms with Crippen molar-refractivity contribution in [2.24, 2.45) is 0 Å². The molecule has 1 aliphatic carbocycles. The Hall–Kier alpha value is -3.42. The quantitative estimate of drug-likeness (QED) is 0.546. The van der Waals surface area contributed by atoms with Crippen molar-refractivity contribution in [2.75, 3.05) is 5.32 Å². The predicted molar refractivity (Wildman–Crippen MR) is 118 cm³/mol. The Morgan fingerprint density at radius 1 is 1.03 bits per heavy atom. The fraction of sp³-hybridized carbons (Fsp3) is 0.320. The molecule has 1 fully saturated rings. The number of halogens is 3. The molecular formula is C25H22F3N3O2. The number of aromatic nitrogens is 1. The van der Waals surface area contributed by atoms with E-state index in [1.54, 1.807) is 29.2 Å². The Bertz CT molecular complexity index is 1250. The number of hydrogen-bond donors (Lipinski definition) is 1. The molecule has 0 spiro atoms. The van der Waals surface area contributed by atoms with Gasteiger partial charge in [0.1, 0.15) is 5.69 Å². The third-order valence-electron chi connectivity index (χ3n) is 6.48. The van der Waals surface area contributed by atoms with Crippen molar-refractivity contribution >= 4 is 28.4 Å². The molecule has 1 aromatic heterocycles. The number of anilines is 1. The zero-order valence-corrected chi connectivity index (χ0v) is 17.8. The molecule has 0 bridgehead atoms. The molecule has 33 heavy (non-hydrogen) atoms. The molecule has 2 heterocycles. The molecule has 8 heteroatoms. The Kier molecular flexibility index (Phi) is 5.31. The number of fused-ring (bicyclic) bond motifs is 2. The van der Waals surface area contributed by atoms with E-state index in [0.717, 1.165) is 44.2 Å². The zero-order chi connectivity index (χ0) is 23.2. The summed E-state index contributed by atoms with van der Waals surface area (Å²) in [5, 5.41) is 3.17. The first-order chi connectivity index (χ1) is 15.8. The normalized spacial score (nSPS) is 16.8. The molecule has 3 aromatic rings. The van der Waals surface area contributed by atoms with Crippen molar-refractivity contribution in [1.29, 1.82) is 0 Å². The Morgan fingerprint density at radius 2 is 1.79 bits per heavy atom. The van der Waals surface area contributed by atoms with Crippen LogP contribution in [0.4, 0.5) is 18.9 Å². The first-order valence-electron chi connectivity index (χ1n) is 11.0. The van der Waals surface area contributed by atoms with Crippen LogP contribution in [0.5, 0.6) is 0 Å². The first kappa shape index (κ1) is 21.4. The highest BCUT2D eigenvalue weighted by Gasteiger charge is 2.38. The number of nitrogens with one attached hydrogen (secondary N) is 1. The van der Waals surface area contributed by atoms with Crippen LogP contribution in [0.25, 0.3) is 10.9 Å². The molecule has 1 aliphatic heterocycles. The van der Waals surface area contributed by atoms with E-state index in [2.05, 4.69) is 10.3 Å². The molecule has 0 atom stereocenters. The van der Waals surface area contributed by atoms with E-state index in [1.165, 1.54) is 12.1 Å². The van der Waals surface area contributed by atoms with Crippen LogP contribution in [0.15, 0.2) is 48.5 Å². The van der Waals surface area contributed by atoms with Gasteiger partial charge in [0.2, 0.25) is 0 Å². The van der Waals surface area contributed by atoms with Crippen LogP contribution in [0.1, 0.15) is 64.1 Å². The van der Waals surface area contributed by atoms with Crippen molar-refractivity contribution in [2.45, 2.75) is 50.9 Å². The van der Waals surface area contributed by atoms with Crippen LogP contribution in [-0.4, -0.2) is 27.7 Å². The molecule has 2 aliphatic rings. The third-order valence-corrected chi connectivity index (χ3v) is 6.48. The minimum absolute atomic E-state index is 0.0397. The van der Waals surface area contributed by atoms with Crippen LogP contribution >= 0.6 is 0 Å². The van der Waals surface area contributed by atoms with E-state index in [4.69, 9.17) is 0 Å². The maximum Gasteiger partial charge on any atom is 0.416 e. The van der Waals surface area contributed by atoms with Gasteiger partial charge in [-0.25, -0.2) is 4.98 Å². The molecule has 1 N–H and O–H groups in total. The van der Waals surface area contributed by atoms with Gasteiger partial charge in [-0.05, 0) is 37.1 Å². The second-order valence-electron chi connectivity index (χ2n) is 8.59. The van der Waals surface area contributed by atoms with Crippen molar-refractivity contribution in [3.8, 4) is 0 Å². The molecule has 170 valence electrons. The summed E-state index contributed by atoms with van der Waals surface area (Å²) in [6.07, 6.45) is 0.596. The number of nitrogens with zero attached hydrogens (tertiary/aromatic N) is 2. The minimum atomic E-state index is -4.52. The van der Waals surface area contributed by atoms with E-state index < -0.39 is 17.6 Å². The van der Waals surface area contributed by atoms with Gasteiger partial charge >= 0.3 is 6.18 Å². The van der Waals surface area contributed by atoms with Crippen LogP contribution in [-0.2, 0) is 12.7 Å². The smallest absolute Gasteiger partial charge is 0.330 e. The second-order valence-corrected chi connectivity index (χ2v) is 8.59. The molecule has 1 saturated carbocycles. The van der Waals surface area contributed by atoms with Crippen LogP contribution < -0.4 is 5.32 Å². The summed E-state index contributed by atoms with van der Waals surface area (Å²) in [6, 6.07) is 11.7. The lowest BCUT2D eigenvalue weighted by Crippen LogP contribution is -2.37. The average Bonchev–Trinajstić information content (AvgIpc) is 3.13. The summed E-state index contributed by atoms with van der Waals surface area (Å²) < 4.78 is 39.3. The van der Waals surface area contributed by atoms with E-state index in [-0.39, 0.29) is 29.9 Å². The van der Waals surface area contributed by atoms with Crippen molar-refractivity contribution < 1.29 is 22.8 Å². The molecular weight excluding hydrogens is 431 g/mol. The van der Waals surface area contributed by atoms with E-state index in [0.29, 0.717) is 22.0 Å². The number of para-hydroxylation sites is 1. The van der Waals surface area contributed by atoms with E-state index in [9.17, 15) is 22.8 Å². The van der Waals surface area contributed by atoms with Gasteiger partial charge in [-0.1, -0.05) is 43.5 Å². The number of benzene rings is 2. The maximum absolute atomic E-state index is 13.4. The van der Waals surface area contributed by atoms with Crippen molar-refractivity contribution in [3.63, 3.8) is 0 Å². The van der Waals surface area contributed by atoms with Crippen LogP contribution in [0.2, 0.25) is 0 Å². The van der Waals surface area contributed by atoms with E-state index in [1.807, 2.05) is 0 Å². The molecule has 2 aromatic carbocycles. The summed E-state index contributed by atoms with van der Waals surface area (Å²) in [7, 11) is 0. The summed E-state index contributed by atoms with van der Waals surface area (Å²) in [5.41, 5.74) is 0.785. The standard InChI is InChI=1S/C25H22F3N3O2/c26-25(27,28)15-7-6-8-16(13-15)29-23(32)21-18-11-4-5-12-20(18)30-22-19(21)14-31(24(22)33)17-9-2-1-3-10-17/h4-8,11-13,17H,1-3,9-10,14H2,(H,29,32). The van der Waals surface area contributed by atoms with Gasteiger partial charge in [0.25, 0.3) is 11.8 Å². The maximum atomic E-state index is 13.4. The number of alkyl halides is 3. The topological polar surface area (TPSA) is 62.3 Å².